The van der Waals surface area contributed by atoms with Crippen LogP contribution < -0.4 is 4.72 Å². The normalized spacial score (nSPS) is 13.6. The zero-order valence-electron chi connectivity index (χ0n) is 19.3. The standard InChI is InChI=1S/C23H49N2O2S/c1-6-10-11-12-13-14-15-16-17-22-28(26,27)24-23(5)19-18-21-25(8-3,9-4)20-7-2/h7,23-24H,2,6,8-22H2,1,3-5H3/q+1. The number of hydrogen-bond acceptors (Lipinski definition) is 2. The van der Waals surface area contributed by atoms with Crippen molar-refractivity contribution in [3.05, 3.63) is 12.7 Å². The molecule has 0 bridgehead atoms. The monoisotopic (exact) mass is 417 g/mol. The maximum atomic E-state index is 12.3. The smallest absolute Gasteiger partial charge is 0.211 e. The predicted molar refractivity (Wildman–Crippen MR) is 124 cm³/mol. The molecule has 1 unspecified atom stereocenters. The predicted octanol–water partition coefficient (Wildman–Crippen LogP) is 5.65. The zero-order chi connectivity index (χ0) is 21.3. The number of quaternary nitrogens is 1. The molecule has 0 fully saturated rings. The van der Waals surface area contributed by atoms with Crippen LogP contribution in [0.5, 0.6) is 0 Å². The molecule has 4 nitrogen and oxygen atoms in total. The van der Waals surface area contributed by atoms with Gasteiger partial charge in [0.25, 0.3) is 0 Å². The van der Waals surface area contributed by atoms with E-state index in [2.05, 4.69) is 32.1 Å². The third-order valence-corrected chi connectivity index (χ3v) is 7.61. The van der Waals surface area contributed by atoms with Gasteiger partial charge in [0.05, 0.1) is 31.9 Å². The fourth-order valence-electron chi connectivity index (χ4n) is 3.92. The van der Waals surface area contributed by atoms with Gasteiger partial charge < -0.3 is 4.48 Å². The summed E-state index contributed by atoms with van der Waals surface area (Å²) in [7, 11) is -3.14. The number of nitrogens with one attached hydrogen (secondary N) is 1. The number of rotatable bonds is 20. The van der Waals surface area contributed by atoms with Gasteiger partial charge in [0.2, 0.25) is 10.0 Å². The van der Waals surface area contributed by atoms with Gasteiger partial charge in [-0.2, -0.15) is 0 Å². The summed E-state index contributed by atoms with van der Waals surface area (Å²) >= 11 is 0. The van der Waals surface area contributed by atoms with E-state index in [9.17, 15) is 8.42 Å². The van der Waals surface area contributed by atoms with Crippen LogP contribution in [0.15, 0.2) is 12.7 Å². The van der Waals surface area contributed by atoms with Crippen LogP contribution in [0.4, 0.5) is 0 Å². The second-order valence-corrected chi connectivity index (χ2v) is 10.4. The molecule has 0 saturated carbocycles. The van der Waals surface area contributed by atoms with Gasteiger partial charge in [-0.15, -0.1) is 0 Å². The number of unbranched alkanes of at least 4 members (excludes halogenated alkanes) is 8. The Hall–Kier alpha value is -0.390. The molecule has 0 spiro atoms. The van der Waals surface area contributed by atoms with E-state index in [4.69, 9.17) is 0 Å². The van der Waals surface area contributed by atoms with E-state index in [0.29, 0.717) is 0 Å². The lowest BCUT2D eigenvalue weighted by atomic mass is 10.1. The van der Waals surface area contributed by atoms with Crippen molar-refractivity contribution in [2.24, 2.45) is 0 Å². The fourth-order valence-corrected chi connectivity index (χ4v) is 5.36. The first kappa shape index (κ1) is 27.6. The molecule has 0 aliphatic heterocycles. The number of sulfonamides is 1. The molecule has 0 aromatic rings. The second-order valence-electron chi connectivity index (χ2n) is 8.48. The summed E-state index contributed by atoms with van der Waals surface area (Å²) in [6, 6.07) is 0.0166. The van der Waals surface area contributed by atoms with Gasteiger partial charge in [-0.1, -0.05) is 64.9 Å². The average Bonchev–Trinajstić information content (AvgIpc) is 2.65. The Morgan fingerprint density at radius 3 is 1.93 bits per heavy atom. The fraction of sp³-hybridized carbons (Fsp3) is 0.913. The summed E-state index contributed by atoms with van der Waals surface area (Å²) in [6.07, 6.45) is 14.7. The largest absolute Gasteiger partial charge is 0.321 e. The number of likely N-dealkylation sites (N-methyl/N-ethyl adjacent to an activating group) is 1. The molecule has 0 heterocycles. The van der Waals surface area contributed by atoms with E-state index < -0.39 is 10.0 Å². The van der Waals surface area contributed by atoms with E-state index >= 15 is 0 Å². The molecule has 0 aromatic heterocycles. The highest BCUT2D eigenvalue weighted by Gasteiger charge is 2.22. The molecule has 0 aliphatic carbocycles. The quantitative estimate of drug-likeness (QED) is 0.158. The van der Waals surface area contributed by atoms with E-state index in [-0.39, 0.29) is 11.8 Å². The van der Waals surface area contributed by atoms with E-state index in [0.717, 1.165) is 62.8 Å². The lowest BCUT2D eigenvalue weighted by molar-refractivity contribution is -0.919. The molecule has 0 rings (SSSR count). The Balaban J connectivity index is 3.95. The third-order valence-electron chi connectivity index (χ3n) is 6.02. The Morgan fingerprint density at radius 1 is 0.893 bits per heavy atom. The summed E-state index contributed by atoms with van der Waals surface area (Å²) in [5.74, 6) is 0.271. The van der Waals surface area contributed by atoms with Crippen LogP contribution in [-0.4, -0.2) is 50.9 Å². The Morgan fingerprint density at radius 2 is 1.43 bits per heavy atom. The lowest BCUT2D eigenvalue weighted by Gasteiger charge is -2.36. The van der Waals surface area contributed by atoms with Crippen molar-refractivity contribution in [1.82, 2.24) is 4.72 Å². The molecule has 0 saturated heterocycles. The van der Waals surface area contributed by atoms with Gasteiger partial charge in [-0.05, 0) is 46.1 Å². The molecule has 1 N–H and O–H groups in total. The highest BCUT2D eigenvalue weighted by molar-refractivity contribution is 7.89. The topological polar surface area (TPSA) is 46.2 Å². The molecule has 0 aliphatic rings. The molecule has 0 radical (unpaired) electrons. The summed E-state index contributed by atoms with van der Waals surface area (Å²) in [5, 5.41) is 0. The third kappa shape index (κ3) is 13.7. The molecule has 1 atom stereocenters. The van der Waals surface area contributed by atoms with Crippen molar-refractivity contribution in [3.63, 3.8) is 0 Å². The maximum absolute atomic E-state index is 12.3. The van der Waals surface area contributed by atoms with Crippen LogP contribution in [0.25, 0.3) is 0 Å². The van der Waals surface area contributed by atoms with Crippen molar-refractivity contribution < 1.29 is 12.9 Å². The summed E-state index contributed by atoms with van der Waals surface area (Å²) in [6.45, 7) is 16.8. The van der Waals surface area contributed by atoms with Crippen molar-refractivity contribution in [2.45, 2.75) is 104 Å². The minimum absolute atomic E-state index is 0.0166. The van der Waals surface area contributed by atoms with E-state index in [1.54, 1.807) is 0 Å². The summed E-state index contributed by atoms with van der Waals surface area (Å²) in [4.78, 5) is 0. The molecule has 28 heavy (non-hydrogen) atoms. The minimum Gasteiger partial charge on any atom is -0.321 e. The average molecular weight is 418 g/mol. The van der Waals surface area contributed by atoms with Crippen LogP contribution in [0, 0.1) is 0 Å². The van der Waals surface area contributed by atoms with Gasteiger partial charge in [0, 0.05) is 6.04 Å². The molecule has 168 valence electrons. The van der Waals surface area contributed by atoms with Gasteiger partial charge in [-0.3, -0.25) is 0 Å². The van der Waals surface area contributed by atoms with Gasteiger partial charge in [0.15, 0.2) is 0 Å². The molecular formula is C23H49N2O2S+. The van der Waals surface area contributed by atoms with Crippen LogP contribution in [0.3, 0.4) is 0 Å². The van der Waals surface area contributed by atoms with E-state index in [1.165, 1.54) is 38.5 Å². The Kier molecular flexibility index (Phi) is 16.2. The first-order valence-electron chi connectivity index (χ1n) is 11.8. The first-order chi connectivity index (χ1) is 13.3. The summed E-state index contributed by atoms with van der Waals surface area (Å²) in [5.41, 5.74) is 0. The Bertz CT molecular complexity index is 473. The van der Waals surface area contributed by atoms with Gasteiger partial charge in [0.1, 0.15) is 0 Å². The Labute approximate surface area is 176 Å². The zero-order valence-corrected chi connectivity index (χ0v) is 20.2. The second kappa shape index (κ2) is 16.4. The van der Waals surface area contributed by atoms with Crippen LogP contribution >= 0.6 is 0 Å². The van der Waals surface area contributed by atoms with Crippen LogP contribution in [-0.2, 0) is 10.0 Å². The SMILES string of the molecule is C=CC[N+](CC)(CC)CCCC(C)NS(=O)(=O)CCCCCCCCCCC. The molecule has 0 aromatic carbocycles. The highest BCUT2D eigenvalue weighted by Crippen LogP contribution is 2.12. The minimum atomic E-state index is -3.14. The number of hydrogen-bond donors (Lipinski definition) is 1. The van der Waals surface area contributed by atoms with E-state index in [1.807, 2.05) is 13.0 Å². The van der Waals surface area contributed by atoms with Crippen molar-refractivity contribution in [1.29, 1.82) is 0 Å². The molecule has 0 amide bonds. The van der Waals surface area contributed by atoms with Crippen molar-refractivity contribution in [3.8, 4) is 0 Å². The van der Waals surface area contributed by atoms with Crippen molar-refractivity contribution in [2.75, 3.05) is 31.9 Å². The maximum Gasteiger partial charge on any atom is 0.211 e. The van der Waals surface area contributed by atoms with Crippen LogP contribution in [0.1, 0.15) is 98.3 Å². The summed E-state index contributed by atoms with van der Waals surface area (Å²) < 4.78 is 28.5. The van der Waals surface area contributed by atoms with Gasteiger partial charge in [-0.25, -0.2) is 13.1 Å². The molecule has 5 heteroatoms. The first-order valence-corrected chi connectivity index (χ1v) is 13.5. The van der Waals surface area contributed by atoms with Crippen LogP contribution in [0.2, 0.25) is 0 Å². The van der Waals surface area contributed by atoms with Crippen molar-refractivity contribution >= 4 is 10.0 Å². The lowest BCUT2D eigenvalue weighted by Crippen LogP contribution is -2.48. The van der Waals surface area contributed by atoms with Gasteiger partial charge >= 0.3 is 0 Å². The highest BCUT2D eigenvalue weighted by atomic mass is 32.2. The molecular weight excluding hydrogens is 368 g/mol. The number of nitrogens with zero attached hydrogens (tertiary/aromatic N) is 1.